The molecule has 0 aliphatic carbocycles. The fraction of sp³-hybridized carbons (Fsp3) is 0.333. The minimum absolute atomic E-state index is 0.269. The summed E-state index contributed by atoms with van der Waals surface area (Å²) < 4.78 is 7.00. The van der Waals surface area contributed by atoms with Crippen molar-refractivity contribution in [2.24, 2.45) is 0 Å². The predicted molar refractivity (Wildman–Crippen MR) is 88.4 cm³/mol. The van der Waals surface area contributed by atoms with E-state index in [1.54, 1.807) is 24.6 Å². The average molecular weight is 331 g/mol. The number of nitrogens with one attached hydrogen (secondary N) is 1. The van der Waals surface area contributed by atoms with Crippen LogP contribution in [0.2, 0.25) is 0 Å². The first-order chi connectivity index (χ1) is 11.0. The van der Waals surface area contributed by atoms with Crippen LogP contribution < -0.4 is 10.1 Å². The Morgan fingerprint density at radius 3 is 2.83 bits per heavy atom. The molecule has 3 aromatic rings. The Bertz CT molecular complexity index is 868. The molecule has 0 saturated heterocycles. The monoisotopic (exact) mass is 331 g/mol. The lowest BCUT2D eigenvalue weighted by Gasteiger charge is -2.04. The van der Waals surface area contributed by atoms with Gasteiger partial charge >= 0.3 is 0 Å². The summed E-state index contributed by atoms with van der Waals surface area (Å²) in [6.45, 7) is 5.86. The van der Waals surface area contributed by atoms with Crippen molar-refractivity contribution in [3.8, 4) is 5.75 Å². The lowest BCUT2D eigenvalue weighted by atomic mass is 10.2. The molecule has 0 aromatic carbocycles. The summed E-state index contributed by atoms with van der Waals surface area (Å²) in [6.07, 6.45) is 1.78. The number of hydrogen-bond acceptors (Lipinski definition) is 6. The summed E-state index contributed by atoms with van der Waals surface area (Å²) in [4.78, 5) is 17.0. The second-order valence-corrected chi connectivity index (χ2v) is 6.38. The zero-order valence-electron chi connectivity index (χ0n) is 13.3. The third-order valence-corrected chi connectivity index (χ3v) is 4.52. The van der Waals surface area contributed by atoms with Crippen LogP contribution >= 0.6 is 11.3 Å². The Labute approximate surface area is 137 Å². The number of carbonyl (C=O) groups excluding carboxylic acids is 1. The molecule has 1 N–H and O–H groups in total. The van der Waals surface area contributed by atoms with Crippen molar-refractivity contribution in [1.82, 2.24) is 19.6 Å². The maximum absolute atomic E-state index is 12.6. The molecule has 0 bridgehead atoms. The van der Waals surface area contributed by atoms with Gasteiger partial charge in [0.05, 0.1) is 12.8 Å². The topological polar surface area (TPSA) is 81.4 Å². The van der Waals surface area contributed by atoms with Crippen LogP contribution in [0.1, 0.15) is 41.0 Å². The van der Waals surface area contributed by atoms with Gasteiger partial charge < -0.3 is 4.74 Å². The molecule has 0 atom stereocenters. The number of anilines is 1. The molecule has 3 rings (SSSR count). The van der Waals surface area contributed by atoms with Crippen molar-refractivity contribution in [3.05, 3.63) is 34.7 Å². The van der Waals surface area contributed by atoms with Crippen molar-refractivity contribution in [3.63, 3.8) is 0 Å². The van der Waals surface area contributed by atoms with Crippen molar-refractivity contribution in [2.75, 3.05) is 12.4 Å². The zero-order chi connectivity index (χ0) is 16.6. The SMILES string of the molecule is COc1cccn2c(C(=O)Nc3nnc(C(C)C)s3)c(C)nc12. The number of methoxy groups -OCH3 is 1. The van der Waals surface area contributed by atoms with E-state index < -0.39 is 0 Å². The number of ether oxygens (including phenoxy) is 1. The lowest BCUT2D eigenvalue weighted by molar-refractivity contribution is 0.102. The highest BCUT2D eigenvalue weighted by molar-refractivity contribution is 7.15. The maximum atomic E-state index is 12.6. The minimum Gasteiger partial charge on any atom is -0.493 e. The van der Waals surface area contributed by atoms with Gasteiger partial charge in [-0.1, -0.05) is 25.2 Å². The number of nitrogens with zero attached hydrogens (tertiary/aromatic N) is 4. The Hall–Kier alpha value is -2.48. The van der Waals surface area contributed by atoms with Crippen LogP contribution in [-0.2, 0) is 0 Å². The van der Waals surface area contributed by atoms with E-state index in [4.69, 9.17) is 4.74 Å². The molecule has 0 fully saturated rings. The second-order valence-electron chi connectivity index (χ2n) is 5.37. The third kappa shape index (κ3) is 2.77. The van der Waals surface area contributed by atoms with E-state index in [1.165, 1.54) is 11.3 Å². The van der Waals surface area contributed by atoms with Crippen LogP contribution in [0.4, 0.5) is 5.13 Å². The van der Waals surface area contributed by atoms with Gasteiger partial charge in [0.15, 0.2) is 11.4 Å². The number of amides is 1. The number of aromatic nitrogens is 4. The predicted octanol–water partition coefficient (Wildman–Crippen LogP) is 2.88. The summed E-state index contributed by atoms with van der Waals surface area (Å²) in [6, 6.07) is 3.62. The maximum Gasteiger partial charge on any atom is 0.276 e. The Morgan fingerprint density at radius 1 is 1.39 bits per heavy atom. The van der Waals surface area contributed by atoms with Gasteiger partial charge in [0, 0.05) is 12.1 Å². The van der Waals surface area contributed by atoms with E-state index in [1.807, 2.05) is 26.0 Å². The van der Waals surface area contributed by atoms with Gasteiger partial charge in [0.25, 0.3) is 5.91 Å². The molecule has 0 aliphatic heterocycles. The van der Waals surface area contributed by atoms with Gasteiger partial charge in [-0.2, -0.15) is 0 Å². The first kappa shape index (κ1) is 15.4. The molecule has 3 heterocycles. The van der Waals surface area contributed by atoms with Crippen molar-refractivity contribution in [1.29, 1.82) is 0 Å². The highest BCUT2D eigenvalue weighted by Gasteiger charge is 2.20. The molecule has 0 aliphatic rings. The summed E-state index contributed by atoms with van der Waals surface area (Å²) in [7, 11) is 1.58. The van der Waals surface area contributed by atoms with Crippen LogP contribution in [0.25, 0.3) is 5.65 Å². The molecule has 3 aromatic heterocycles. The van der Waals surface area contributed by atoms with Crippen molar-refractivity contribution < 1.29 is 9.53 Å². The number of rotatable bonds is 4. The van der Waals surface area contributed by atoms with E-state index >= 15 is 0 Å². The summed E-state index contributed by atoms with van der Waals surface area (Å²) in [5, 5.41) is 12.2. The van der Waals surface area contributed by atoms with E-state index in [-0.39, 0.29) is 11.8 Å². The molecule has 120 valence electrons. The smallest absolute Gasteiger partial charge is 0.276 e. The quantitative estimate of drug-likeness (QED) is 0.795. The number of imidazole rings is 1. The van der Waals surface area contributed by atoms with Crippen LogP contribution in [0.3, 0.4) is 0 Å². The Balaban J connectivity index is 1.96. The molecule has 23 heavy (non-hydrogen) atoms. The number of hydrogen-bond donors (Lipinski definition) is 1. The normalized spacial score (nSPS) is 11.2. The zero-order valence-corrected chi connectivity index (χ0v) is 14.1. The second kappa shape index (κ2) is 5.96. The average Bonchev–Trinajstić information content (AvgIpc) is 3.10. The van der Waals surface area contributed by atoms with Crippen molar-refractivity contribution >= 4 is 28.0 Å². The molecular weight excluding hydrogens is 314 g/mol. The van der Waals surface area contributed by atoms with Gasteiger partial charge in [-0.25, -0.2) is 4.98 Å². The van der Waals surface area contributed by atoms with Crippen LogP contribution in [0.15, 0.2) is 18.3 Å². The number of fused-ring (bicyclic) bond motifs is 1. The molecule has 0 spiro atoms. The standard InChI is InChI=1S/C15H17N5O2S/c1-8(2)14-18-19-15(23-14)17-13(21)11-9(3)16-12-10(22-4)6-5-7-20(11)12/h5-8H,1-4H3,(H,17,19,21). The van der Waals surface area contributed by atoms with E-state index in [0.29, 0.717) is 27.9 Å². The molecular formula is C15H17N5O2S. The lowest BCUT2D eigenvalue weighted by Crippen LogP contribution is -2.15. The number of aryl methyl sites for hydroxylation is 1. The Morgan fingerprint density at radius 2 is 2.17 bits per heavy atom. The largest absolute Gasteiger partial charge is 0.493 e. The minimum atomic E-state index is -0.269. The summed E-state index contributed by atoms with van der Waals surface area (Å²) in [5.74, 6) is 0.627. The van der Waals surface area contributed by atoms with Gasteiger partial charge in [0.2, 0.25) is 5.13 Å². The first-order valence-electron chi connectivity index (χ1n) is 7.17. The highest BCUT2D eigenvalue weighted by atomic mass is 32.1. The van der Waals surface area contributed by atoms with Crippen molar-refractivity contribution in [2.45, 2.75) is 26.7 Å². The Kier molecular flexibility index (Phi) is 3.99. The fourth-order valence-electron chi connectivity index (χ4n) is 2.26. The van der Waals surface area contributed by atoms with Gasteiger partial charge in [-0.05, 0) is 19.1 Å². The van der Waals surface area contributed by atoms with E-state index in [9.17, 15) is 4.79 Å². The summed E-state index contributed by atoms with van der Waals surface area (Å²) in [5.41, 5.74) is 1.69. The molecule has 1 amide bonds. The van der Waals surface area contributed by atoms with Crippen LogP contribution in [-0.4, -0.2) is 32.6 Å². The number of pyridine rings is 1. The molecule has 0 radical (unpaired) electrons. The van der Waals surface area contributed by atoms with Crippen LogP contribution in [0, 0.1) is 6.92 Å². The van der Waals surface area contributed by atoms with Gasteiger partial charge in [0.1, 0.15) is 10.7 Å². The van der Waals surface area contributed by atoms with Gasteiger partial charge in [-0.15, -0.1) is 10.2 Å². The van der Waals surface area contributed by atoms with Crippen LogP contribution in [0.5, 0.6) is 5.75 Å². The van der Waals surface area contributed by atoms with E-state index in [2.05, 4.69) is 20.5 Å². The molecule has 7 nitrogen and oxygen atoms in total. The summed E-state index contributed by atoms with van der Waals surface area (Å²) >= 11 is 1.38. The van der Waals surface area contributed by atoms with E-state index in [0.717, 1.165) is 5.01 Å². The van der Waals surface area contributed by atoms with Gasteiger partial charge in [-0.3, -0.25) is 14.5 Å². The molecule has 0 saturated carbocycles. The fourth-order valence-corrected chi connectivity index (χ4v) is 3.00. The third-order valence-electron chi connectivity index (χ3n) is 3.38. The number of carbonyl (C=O) groups is 1. The first-order valence-corrected chi connectivity index (χ1v) is 7.99. The molecule has 8 heteroatoms. The molecule has 0 unspecified atom stereocenters. The highest BCUT2D eigenvalue weighted by Crippen LogP contribution is 2.25.